The van der Waals surface area contributed by atoms with Crippen molar-refractivity contribution in [3.63, 3.8) is 0 Å². The minimum absolute atomic E-state index is 0.101. The molecule has 1 aliphatic heterocycles. The van der Waals surface area contributed by atoms with Crippen molar-refractivity contribution in [3.8, 4) is 5.69 Å². The molecule has 2 heterocycles. The summed E-state index contributed by atoms with van der Waals surface area (Å²) in [6, 6.07) is 7.34. The SMILES string of the molecule is CS(=O)(=O)N1CCC(C(=O)Nc2ccccc2-n2cncn2)CC1. The standard InChI is InChI=1S/C15H19N5O3S/c1-24(22,23)19-8-6-12(7-9-19)15(21)18-13-4-2-3-5-14(13)20-11-16-10-17-20/h2-5,10-12H,6-9H2,1H3,(H,18,21). The van der Waals surface area contributed by atoms with Gasteiger partial charge in [-0.2, -0.15) is 5.10 Å². The molecule has 1 saturated heterocycles. The topological polar surface area (TPSA) is 97.2 Å². The number of carbonyl (C=O) groups excluding carboxylic acids is 1. The van der Waals surface area contributed by atoms with Crippen LogP contribution in [0.5, 0.6) is 0 Å². The molecule has 1 fully saturated rings. The van der Waals surface area contributed by atoms with Crippen molar-refractivity contribution in [2.75, 3.05) is 24.7 Å². The molecule has 0 atom stereocenters. The van der Waals surface area contributed by atoms with Crippen molar-refractivity contribution in [2.45, 2.75) is 12.8 Å². The van der Waals surface area contributed by atoms with E-state index in [1.807, 2.05) is 18.2 Å². The number of aromatic nitrogens is 3. The van der Waals surface area contributed by atoms with E-state index in [9.17, 15) is 13.2 Å². The third kappa shape index (κ3) is 3.62. The molecule has 3 rings (SSSR count). The summed E-state index contributed by atoms with van der Waals surface area (Å²) in [6.07, 6.45) is 5.23. The van der Waals surface area contributed by atoms with Crippen LogP contribution in [-0.2, 0) is 14.8 Å². The maximum absolute atomic E-state index is 12.5. The van der Waals surface area contributed by atoms with E-state index in [0.717, 1.165) is 5.69 Å². The highest BCUT2D eigenvalue weighted by atomic mass is 32.2. The van der Waals surface area contributed by atoms with E-state index in [4.69, 9.17) is 0 Å². The fourth-order valence-electron chi connectivity index (χ4n) is 2.80. The Morgan fingerprint density at radius 2 is 1.96 bits per heavy atom. The molecule has 1 amide bonds. The molecule has 0 saturated carbocycles. The Morgan fingerprint density at radius 1 is 1.25 bits per heavy atom. The van der Waals surface area contributed by atoms with E-state index in [-0.39, 0.29) is 11.8 Å². The first-order chi connectivity index (χ1) is 11.4. The quantitative estimate of drug-likeness (QED) is 0.884. The lowest BCUT2D eigenvalue weighted by Crippen LogP contribution is -2.40. The molecule has 8 nitrogen and oxygen atoms in total. The summed E-state index contributed by atoms with van der Waals surface area (Å²) in [6.45, 7) is 0.753. The summed E-state index contributed by atoms with van der Waals surface area (Å²) in [7, 11) is -3.19. The molecule has 128 valence electrons. The zero-order valence-corrected chi connectivity index (χ0v) is 14.1. The molecule has 1 N–H and O–H groups in total. The maximum Gasteiger partial charge on any atom is 0.227 e. The van der Waals surface area contributed by atoms with Gasteiger partial charge in [0.15, 0.2) is 0 Å². The maximum atomic E-state index is 12.5. The molecule has 0 bridgehead atoms. The fourth-order valence-corrected chi connectivity index (χ4v) is 3.67. The molecular weight excluding hydrogens is 330 g/mol. The fraction of sp³-hybridized carbons (Fsp3) is 0.400. The van der Waals surface area contributed by atoms with Crippen LogP contribution >= 0.6 is 0 Å². The highest BCUT2D eigenvalue weighted by molar-refractivity contribution is 7.88. The second kappa shape index (κ2) is 6.70. The van der Waals surface area contributed by atoms with Crippen molar-refractivity contribution in [2.24, 2.45) is 5.92 Å². The van der Waals surface area contributed by atoms with Crippen molar-refractivity contribution < 1.29 is 13.2 Å². The molecule has 0 aliphatic carbocycles. The van der Waals surface area contributed by atoms with Crippen LogP contribution in [0.4, 0.5) is 5.69 Å². The number of hydrogen-bond acceptors (Lipinski definition) is 5. The highest BCUT2D eigenvalue weighted by Crippen LogP contribution is 2.23. The van der Waals surface area contributed by atoms with Gasteiger partial charge in [-0.15, -0.1) is 0 Å². The van der Waals surface area contributed by atoms with Gasteiger partial charge < -0.3 is 5.32 Å². The number of benzene rings is 1. The van der Waals surface area contributed by atoms with E-state index in [1.54, 1.807) is 17.1 Å². The smallest absolute Gasteiger partial charge is 0.227 e. The summed E-state index contributed by atoms with van der Waals surface area (Å²) in [4.78, 5) is 16.4. The van der Waals surface area contributed by atoms with Gasteiger partial charge in [0.05, 0.1) is 17.6 Å². The molecule has 9 heteroatoms. The number of nitrogens with zero attached hydrogens (tertiary/aromatic N) is 4. The largest absolute Gasteiger partial charge is 0.324 e. The average Bonchev–Trinajstić information content (AvgIpc) is 3.09. The molecule has 1 aromatic carbocycles. The number of hydrogen-bond donors (Lipinski definition) is 1. The Balaban J connectivity index is 1.69. The van der Waals surface area contributed by atoms with Crippen LogP contribution in [0, 0.1) is 5.92 Å². The highest BCUT2D eigenvalue weighted by Gasteiger charge is 2.29. The molecule has 24 heavy (non-hydrogen) atoms. The predicted molar refractivity (Wildman–Crippen MR) is 89.1 cm³/mol. The first-order valence-corrected chi connectivity index (χ1v) is 9.50. The van der Waals surface area contributed by atoms with E-state index < -0.39 is 10.0 Å². The monoisotopic (exact) mass is 349 g/mol. The van der Waals surface area contributed by atoms with Gasteiger partial charge in [0.25, 0.3) is 0 Å². The van der Waals surface area contributed by atoms with Gasteiger partial charge in [-0.3, -0.25) is 4.79 Å². The lowest BCUT2D eigenvalue weighted by molar-refractivity contribution is -0.120. The molecule has 0 radical (unpaired) electrons. The number of amides is 1. The molecular formula is C15H19N5O3S. The second-order valence-electron chi connectivity index (χ2n) is 5.78. The van der Waals surface area contributed by atoms with Gasteiger partial charge in [0, 0.05) is 19.0 Å². The van der Waals surface area contributed by atoms with Crippen LogP contribution in [0.1, 0.15) is 12.8 Å². The average molecular weight is 349 g/mol. The Hall–Kier alpha value is -2.26. The normalized spacial score (nSPS) is 16.9. The zero-order chi connectivity index (χ0) is 17.2. The van der Waals surface area contributed by atoms with Gasteiger partial charge in [-0.05, 0) is 25.0 Å². The summed E-state index contributed by atoms with van der Waals surface area (Å²) in [5, 5.41) is 7.01. The van der Waals surface area contributed by atoms with Crippen molar-refractivity contribution in [3.05, 3.63) is 36.9 Å². The van der Waals surface area contributed by atoms with Gasteiger partial charge in [0.1, 0.15) is 12.7 Å². The Kier molecular flexibility index (Phi) is 4.63. The third-order valence-electron chi connectivity index (χ3n) is 4.12. The molecule has 0 unspecified atom stereocenters. The van der Waals surface area contributed by atoms with E-state index in [1.165, 1.54) is 16.9 Å². The van der Waals surface area contributed by atoms with Crippen LogP contribution in [0.15, 0.2) is 36.9 Å². The predicted octanol–water partition coefficient (Wildman–Crippen LogP) is 0.877. The van der Waals surface area contributed by atoms with Gasteiger partial charge >= 0.3 is 0 Å². The summed E-state index contributed by atoms with van der Waals surface area (Å²) < 4.78 is 26.1. The number of carbonyl (C=O) groups is 1. The number of anilines is 1. The zero-order valence-electron chi connectivity index (χ0n) is 13.3. The first-order valence-electron chi connectivity index (χ1n) is 7.65. The molecule has 0 spiro atoms. The van der Waals surface area contributed by atoms with Crippen LogP contribution in [0.25, 0.3) is 5.69 Å². The number of piperidine rings is 1. The van der Waals surface area contributed by atoms with Crippen molar-refractivity contribution in [1.82, 2.24) is 19.1 Å². The number of sulfonamides is 1. The van der Waals surface area contributed by atoms with Crippen molar-refractivity contribution >= 4 is 21.6 Å². The van der Waals surface area contributed by atoms with Crippen LogP contribution in [-0.4, -0.2) is 52.7 Å². The Morgan fingerprint density at radius 3 is 2.58 bits per heavy atom. The van der Waals surface area contributed by atoms with Crippen LogP contribution < -0.4 is 5.32 Å². The van der Waals surface area contributed by atoms with E-state index in [0.29, 0.717) is 31.6 Å². The number of nitrogens with one attached hydrogen (secondary N) is 1. The first kappa shape index (κ1) is 16.6. The van der Waals surface area contributed by atoms with Crippen LogP contribution in [0.3, 0.4) is 0 Å². The van der Waals surface area contributed by atoms with Crippen molar-refractivity contribution in [1.29, 1.82) is 0 Å². The van der Waals surface area contributed by atoms with Gasteiger partial charge in [-0.25, -0.2) is 22.4 Å². The molecule has 1 aliphatic rings. The van der Waals surface area contributed by atoms with Crippen LogP contribution in [0.2, 0.25) is 0 Å². The summed E-state index contributed by atoms with van der Waals surface area (Å²) in [5.41, 5.74) is 1.38. The third-order valence-corrected chi connectivity index (χ3v) is 5.42. The van der Waals surface area contributed by atoms with Gasteiger partial charge in [-0.1, -0.05) is 12.1 Å². The lowest BCUT2D eigenvalue weighted by Gasteiger charge is -2.29. The Labute approximate surface area is 140 Å². The van der Waals surface area contributed by atoms with E-state index >= 15 is 0 Å². The van der Waals surface area contributed by atoms with Gasteiger partial charge in [0.2, 0.25) is 15.9 Å². The number of rotatable bonds is 4. The molecule has 1 aromatic heterocycles. The molecule has 2 aromatic rings. The summed E-state index contributed by atoms with van der Waals surface area (Å²) >= 11 is 0. The number of para-hydroxylation sites is 2. The Bertz CT molecular complexity index is 811. The second-order valence-corrected chi connectivity index (χ2v) is 7.77. The lowest BCUT2D eigenvalue weighted by atomic mass is 9.97. The summed E-state index contributed by atoms with van der Waals surface area (Å²) in [5.74, 6) is -0.303. The minimum atomic E-state index is -3.19. The minimum Gasteiger partial charge on any atom is -0.324 e. The van der Waals surface area contributed by atoms with E-state index in [2.05, 4.69) is 15.4 Å².